The number of carbonyl (C=O) groups is 1. The molecule has 1 atom stereocenters. The van der Waals surface area contributed by atoms with Crippen LogP contribution in [0.1, 0.15) is 5.82 Å². The summed E-state index contributed by atoms with van der Waals surface area (Å²) in [7, 11) is 0. The van der Waals surface area contributed by atoms with E-state index in [0.29, 0.717) is 19.7 Å². The minimum atomic E-state index is -0.804. The van der Waals surface area contributed by atoms with Gasteiger partial charge in [-0.2, -0.15) is 4.98 Å². The fourth-order valence-corrected chi connectivity index (χ4v) is 2.31. The zero-order valence-corrected chi connectivity index (χ0v) is 13.2. The topological polar surface area (TPSA) is 101 Å². The molecule has 0 saturated carbocycles. The highest BCUT2D eigenvalue weighted by molar-refractivity contribution is 5.73. The number of hydrogen-bond donors (Lipinski definition) is 3. The average Bonchev–Trinajstić information content (AvgIpc) is 3.07. The summed E-state index contributed by atoms with van der Waals surface area (Å²) in [5.74, 6) is -1.79. The number of nitrogens with zero attached hydrogens (tertiary/aromatic N) is 2. The van der Waals surface area contributed by atoms with Crippen molar-refractivity contribution in [2.24, 2.45) is 0 Å². The van der Waals surface area contributed by atoms with E-state index in [2.05, 4.69) is 26.1 Å². The van der Waals surface area contributed by atoms with Crippen molar-refractivity contribution >= 4 is 6.03 Å². The molecule has 8 nitrogen and oxygen atoms in total. The first-order valence-corrected chi connectivity index (χ1v) is 7.74. The fraction of sp³-hybridized carbons (Fsp3) is 0.400. The number of morpholine rings is 1. The third-order valence-electron chi connectivity index (χ3n) is 3.55. The van der Waals surface area contributed by atoms with Crippen molar-refractivity contribution in [3.63, 3.8) is 0 Å². The van der Waals surface area contributed by atoms with Gasteiger partial charge in [-0.1, -0.05) is 11.2 Å². The van der Waals surface area contributed by atoms with Gasteiger partial charge in [0.05, 0.1) is 19.3 Å². The lowest BCUT2D eigenvalue weighted by Crippen LogP contribution is -2.47. The number of aromatic nitrogens is 2. The smallest absolute Gasteiger partial charge is 0.315 e. The third kappa shape index (κ3) is 4.48. The number of amides is 2. The van der Waals surface area contributed by atoms with Gasteiger partial charge < -0.3 is 25.2 Å². The molecule has 1 aromatic heterocycles. The number of urea groups is 1. The third-order valence-corrected chi connectivity index (χ3v) is 3.55. The SMILES string of the molecule is O=C(NCc1noc(-c2c(F)cccc2F)n1)NC[C@@H]1CNCCO1. The molecule has 1 saturated heterocycles. The first-order valence-electron chi connectivity index (χ1n) is 7.74. The number of halogens is 2. The number of carbonyl (C=O) groups excluding carboxylic acids is 1. The largest absolute Gasteiger partial charge is 0.374 e. The Bertz CT molecular complexity index is 713. The van der Waals surface area contributed by atoms with E-state index in [4.69, 9.17) is 9.26 Å². The van der Waals surface area contributed by atoms with Gasteiger partial charge in [0.2, 0.25) is 0 Å². The molecule has 1 aliphatic heterocycles. The van der Waals surface area contributed by atoms with Crippen molar-refractivity contribution in [1.82, 2.24) is 26.1 Å². The van der Waals surface area contributed by atoms with Gasteiger partial charge in [0.1, 0.15) is 17.2 Å². The van der Waals surface area contributed by atoms with Crippen LogP contribution in [0.15, 0.2) is 22.7 Å². The van der Waals surface area contributed by atoms with Gasteiger partial charge in [-0.25, -0.2) is 13.6 Å². The second-order valence-electron chi connectivity index (χ2n) is 5.37. The molecular weight excluding hydrogens is 336 g/mol. The van der Waals surface area contributed by atoms with Crippen molar-refractivity contribution in [3.05, 3.63) is 35.7 Å². The summed E-state index contributed by atoms with van der Waals surface area (Å²) in [5.41, 5.74) is -0.396. The van der Waals surface area contributed by atoms with Crippen LogP contribution in [0.3, 0.4) is 0 Å². The van der Waals surface area contributed by atoms with E-state index in [0.717, 1.165) is 18.7 Å². The van der Waals surface area contributed by atoms with E-state index in [-0.39, 0.29) is 24.4 Å². The van der Waals surface area contributed by atoms with E-state index < -0.39 is 23.2 Å². The molecule has 1 aromatic carbocycles. The molecule has 10 heteroatoms. The number of ether oxygens (including phenoxy) is 1. The lowest BCUT2D eigenvalue weighted by atomic mass is 10.2. The molecule has 1 aliphatic rings. The first kappa shape index (κ1) is 17.2. The molecule has 3 N–H and O–H groups in total. The van der Waals surface area contributed by atoms with Gasteiger partial charge in [0.25, 0.3) is 5.89 Å². The molecule has 2 aromatic rings. The second kappa shape index (κ2) is 7.99. The van der Waals surface area contributed by atoms with Gasteiger partial charge in [-0.05, 0) is 12.1 Å². The van der Waals surface area contributed by atoms with Crippen molar-refractivity contribution in [3.8, 4) is 11.5 Å². The quantitative estimate of drug-likeness (QED) is 0.735. The summed E-state index contributed by atoms with van der Waals surface area (Å²) in [4.78, 5) is 15.6. The van der Waals surface area contributed by atoms with Gasteiger partial charge in [0, 0.05) is 19.6 Å². The van der Waals surface area contributed by atoms with Crippen LogP contribution in [0, 0.1) is 11.6 Å². The molecule has 0 radical (unpaired) electrons. The molecule has 1 fully saturated rings. The Morgan fingerprint density at radius 1 is 1.32 bits per heavy atom. The molecule has 0 bridgehead atoms. The van der Waals surface area contributed by atoms with Gasteiger partial charge in [0.15, 0.2) is 5.82 Å². The number of nitrogens with one attached hydrogen (secondary N) is 3. The monoisotopic (exact) mass is 353 g/mol. The second-order valence-corrected chi connectivity index (χ2v) is 5.37. The zero-order chi connectivity index (χ0) is 17.6. The van der Waals surface area contributed by atoms with Crippen molar-refractivity contribution in [1.29, 1.82) is 0 Å². The summed E-state index contributed by atoms with van der Waals surface area (Å²) in [5, 5.41) is 11.9. The maximum absolute atomic E-state index is 13.7. The molecule has 0 unspecified atom stereocenters. The predicted molar refractivity (Wildman–Crippen MR) is 82.5 cm³/mol. The summed E-state index contributed by atoms with van der Waals surface area (Å²) < 4.78 is 37.7. The van der Waals surface area contributed by atoms with E-state index >= 15 is 0 Å². The average molecular weight is 353 g/mol. The van der Waals surface area contributed by atoms with Crippen LogP contribution in [0.4, 0.5) is 13.6 Å². The summed E-state index contributed by atoms with van der Waals surface area (Å²) in [6.45, 7) is 2.38. The summed E-state index contributed by atoms with van der Waals surface area (Å²) >= 11 is 0. The Morgan fingerprint density at radius 3 is 2.84 bits per heavy atom. The maximum Gasteiger partial charge on any atom is 0.315 e. The summed E-state index contributed by atoms with van der Waals surface area (Å²) in [6.07, 6.45) is -0.0830. The predicted octanol–water partition coefficient (Wildman–Crippen LogP) is 0.802. The normalized spacial score (nSPS) is 17.3. The highest BCUT2D eigenvalue weighted by Crippen LogP contribution is 2.24. The number of benzene rings is 1. The van der Waals surface area contributed by atoms with Crippen molar-refractivity contribution < 1.29 is 22.8 Å². The van der Waals surface area contributed by atoms with E-state index in [1.807, 2.05) is 0 Å². The molecule has 0 spiro atoms. The van der Waals surface area contributed by atoms with E-state index in [1.165, 1.54) is 6.07 Å². The van der Waals surface area contributed by atoms with Crippen LogP contribution in [0.5, 0.6) is 0 Å². The molecule has 2 heterocycles. The van der Waals surface area contributed by atoms with E-state index in [9.17, 15) is 13.6 Å². The standard InChI is InChI=1S/C15H17F2N5O3/c16-10-2-1-3-11(17)13(10)14-21-12(22-25-14)8-20-15(23)19-7-9-6-18-4-5-24-9/h1-3,9,18H,4-8H2,(H2,19,20,23)/t9-/m0/s1. The number of hydrogen-bond acceptors (Lipinski definition) is 6. The van der Waals surface area contributed by atoms with Crippen molar-refractivity contribution in [2.75, 3.05) is 26.2 Å². The van der Waals surface area contributed by atoms with Crippen LogP contribution < -0.4 is 16.0 Å². The number of rotatable bonds is 5. The molecule has 2 amide bonds. The Labute approximate surface area is 141 Å². The Morgan fingerprint density at radius 2 is 2.12 bits per heavy atom. The van der Waals surface area contributed by atoms with Crippen LogP contribution in [-0.2, 0) is 11.3 Å². The highest BCUT2D eigenvalue weighted by atomic mass is 19.1. The van der Waals surface area contributed by atoms with Crippen molar-refractivity contribution in [2.45, 2.75) is 12.6 Å². The zero-order valence-electron chi connectivity index (χ0n) is 13.2. The maximum atomic E-state index is 13.7. The first-order chi connectivity index (χ1) is 12.1. The minimum Gasteiger partial charge on any atom is -0.374 e. The highest BCUT2D eigenvalue weighted by Gasteiger charge is 2.18. The van der Waals surface area contributed by atoms with Crippen LogP contribution in [0.2, 0.25) is 0 Å². The van der Waals surface area contributed by atoms with Gasteiger partial charge >= 0.3 is 6.03 Å². The van der Waals surface area contributed by atoms with Gasteiger partial charge in [-0.3, -0.25) is 0 Å². The lowest BCUT2D eigenvalue weighted by Gasteiger charge is -2.23. The molecule has 134 valence electrons. The fourth-order valence-electron chi connectivity index (χ4n) is 2.31. The van der Waals surface area contributed by atoms with Crippen LogP contribution in [0.25, 0.3) is 11.5 Å². The lowest BCUT2D eigenvalue weighted by molar-refractivity contribution is 0.0307. The van der Waals surface area contributed by atoms with Gasteiger partial charge in [-0.15, -0.1) is 0 Å². The van der Waals surface area contributed by atoms with Crippen LogP contribution in [-0.4, -0.2) is 48.5 Å². The van der Waals surface area contributed by atoms with E-state index in [1.54, 1.807) is 0 Å². The van der Waals surface area contributed by atoms with Crippen LogP contribution >= 0.6 is 0 Å². The molecule has 0 aliphatic carbocycles. The summed E-state index contributed by atoms with van der Waals surface area (Å²) in [6, 6.07) is 2.99. The molecular formula is C15H17F2N5O3. The molecule has 3 rings (SSSR count). The minimum absolute atomic E-state index is 0.0464. The Hall–Kier alpha value is -2.59. The Balaban J connectivity index is 1.50. The Kier molecular flexibility index (Phi) is 5.51. The molecule has 25 heavy (non-hydrogen) atoms.